The number of ether oxygens (including phenoxy) is 1. The summed E-state index contributed by atoms with van der Waals surface area (Å²) < 4.78 is 7.48. The summed E-state index contributed by atoms with van der Waals surface area (Å²) in [6.07, 6.45) is 2.00. The quantitative estimate of drug-likeness (QED) is 0.219. The van der Waals surface area contributed by atoms with Crippen molar-refractivity contribution in [3.05, 3.63) is 106 Å². The van der Waals surface area contributed by atoms with Crippen LogP contribution in [0.3, 0.4) is 0 Å². The molecule has 1 fully saturated rings. The maximum absolute atomic E-state index is 13.0. The zero-order chi connectivity index (χ0) is 28.4. The predicted molar refractivity (Wildman–Crippen MR) is 164 cm³/mol. The molecule has 0 aliphatic carbocycles. The smallest absolute Gasteiger partial charge is 0.226 e. The molecule has 0 bridgehead atoms. The van der Waals surface area contributed by atoms with Gasteiger partial charge in [0, 0.05) is 30.6 Å². The van der Waals surface area contributed by atoms with Gasteiger partial charge in [0.05, 0.1) is 46.3 Å². The van der Waals surface area contributed by atoms with Crippen molar-refractivity contribution < 1.29 is 9.53 Å². The minimum atomic E-state index is -0.213. The van der Waals surface area contributed by atoms with Gasteiger partial charge in [-0.3, -0.25) is 9.78 Å². The van der Waals surface area contributed by atoms with Crippen molar-refractivity contribution >= 4 is 52.1 Å². The number of pyridine rings is 1. The Morgan fingerprint density at radius 2 is 1.88 bits per heavy atom. The van der Waals surface area contributed by atoms with Crippen LogP contribution in [0.15, 0.2) is 72.9 Å². The Balaban J connectivity index is 1.49. The first kappa shape index (κ1) is 28.0. The number of aryl methyl sites for hydroxylation is 1. The lowest BCUT2D eigenvalue weighted by molar-refractivity contribution is -0.116. The number of benzene rings is 2. The molecule has 2 atom stereocenters. The van der Waals surface area contributed by atoms with E-state index in [-0.39, 0.29) is 24.4 Å². The number of nitrogens with one attached hydrogen (secondary N) is 2. The van der Waals surface area contributed by atoms with E-state index in [0.717, 1.165) is 28.3 Å². The molecule has 1 aliphatic heterocycles. The fraction of sp³-hybridized carbons (Fsp3) is 0.233. The zero-order valence-corrected chi connectivity index (χ0v) is 24.6. The van der Waals surface area contributed by atoms with Gasteiger partial charge in [-0.15, -0.1) is 0 Å². The maximum atomic E-state index is 13.0. The average molecular weight is 595 g/mol. The Morgan fingerprint density at radius 1 is 1.10 bits per heavy atom. The molecule has 10 heteroatoms. The van der Waals surface area contributed by atoms with Crippen molar-refractivity contribution in [1.82, 2.24) is 19.8 Å². The largest absolute Gasteiger partial charge is 0.495 e. The molecule has 2 aromatic carbocycles. The van der Waals surface area contributed by atoms with Crippen molar-refractivity contribution in [3.63, 3.8) is 0 Å². The molecule has 1 saturated heterocycles. The van der Waals surface area contributed by atoms with E-state index in [4.69, 9.17) is 40.2 Å². The highest BCUT2D eigenvalue weighted by Crippen LogP contribution is 2.42. The lowest BCUT2D eigenvalue weighted by atomic mass is 9.96. The SMILES string of the molecule is COc1ccccc1NC(=O)CCN1C(=S)NC(c2ccccn2)C1c1cc(C)n(-c2cccc(Cl)c2Cl)c1C. The van der Waals surface area contributed by atoms with Crippen LogP contribution in [0.1, 0.15) is 41.1 Å². The number of methoxy groups -OCH3 is 1. The van der Waals surface area contributed by atoms with Crippen LogP contribution in [0.2, 0.25) is 10.0 Å². The number of carbonyl (C=O) groups excluding carboxylic acids is 1. The van der Waals surface area contributed by atoms with Gasteiger partial charge in [0.1, 0.15) is 5.75 Å². The first-order valence-corrected chi connectivity index (χ1v) is 14.0. The van der Waals surface area contributed by atoms with Crippen molar-refractivity contribution in [2.24, 2.45) is 0 Å². The van der Waals surface area contributed by atoms with E-state index in [9.17, 15) is 4.79 Å². The van der Waals surface area contributed by atoms with Crippen molar-refractivity contribution in [2.75, 3.05) is 19.0 Å². The average Bonchev–Trinajstić information content (AvgIpc) is 3.44. The lowest BCUT2D eigenvalue weighted by Crippen LogP contribution is -2.33. The highest BCUT2D eigenvalue weighted by atomic mass is 35.5. The molecule has 40 heavy (non-hydrogen) atoms. The summed E-state index contributed by atoms with van der Waals surface area (Å²) in [5.41, 5.74) is 5.36. The number of carbonyl (C=O) groups is 1. The summed E-state index contributed by atoms with van der Waals surface area (Å²) in [6, 6.07) is 20.5. The maximum Gasteiger partial charge on any atom is 0.226 e. The van der Waals surface area contributed by atoms with Gasteiger partial charge in [0.2, 0.25) is 5.91 Å². The van der Waals surface area contributed by atoms with Crippen LogP contribution in [0.5, 0.6) is 5.75 Å². The fourth-order valence-corrected chi connectivity index (χ4v) is 6.00. The standard InChI is InChI=1S/C30H29Cl2N5O2S/c1-18-17-20(19(2)37(18)24-12-8-9-21(31)27(24)32)29-28(23-11-6-7-15-33-23)35-30(40)36(29)16-14-26(38)34-22-10-4-5-13-25(22)39-3/h4-13,15,17,28-29H,14,16H2,1-3H3,(H,34,38)(H,35,40). The summed E-state index contributed by atoms with van der Waals surface area (Å²) in [5.74, 6) is 0.470. The normalized spacial score (nSPS) is 16.6. The third kappa shape index (κ3) is 5.39. The molecule has 0 spiro atoms. The number of hydrogen-bond acceptors (Lipinski definition) is 4. The number of aromatic nitrogens is 2. The van der Waals surface area contributed by atoms with Crippen molar-refractivity contribution in [3.8, 4) is 11.4 Å². The number of amides is 1. The van der Waals surface area contributed by atoms with E-state index in [1.165, 1.54) is 0 Å². The van der Waals surface area contributed by atoms with Gasteiger partial charge >= 0.3 is 0 Å². The van der Waals surface area contributed by atoms with Crippen molar-refractivity contribution in [1.29, 1.82) is 0 Å². The summed E-state index contributed by atoms with van der Waals surface area (Å²) in [5, 5.41) is 7.97. The number of halogens is 2. The van der Waals surface area contributed by atoms with E-state index >= 15 is 0 Å². The molecular weight excluding hydrogens is 565 g/mol. The van der Waals surface area contributed by atoms with Gasteiger partial charge in [-0.05, 0) is 74.1 Å². The van der Waals surface area contributed by atoms with E-state index in [0.29, 0.717) is 33.1 Å². The molecule has 1 aliphatic rings. The Morgan fingerprint density at radius 3 is 2.62 bits per heavy atom. The van der Waals surface area contributed by atoms with Crippen LogP contribution in [-0.4, -0.2) is 39.1 Å². The van der Waals surface area contributed by atoms with Crippen LogP contribution in [0, 0.1) is 13.8 Å². The number of rotatable bonds is 8. The van der Waals surface area contributed by atoms with Gasteiger partial charge < -0.3 is 24.8 Å². The minimum absolute atomic E-state index is 0.136. The monoisotopic (exact) mass is 593 g/mol. The number of thiocarbonyl (C=S) groups is 1. The van der Waals surface area contributed by atoms with Crippen LogP contribution in [0.25, 0.3) is 5.69 Å². The molecule has 206 valence electrons. The summed E-state index contributed by atoms with van der Waals surface area (Å²) >= 11 is 18.8. The first-order chi connectivity index (χ1) is 19.3. The van der Waals surface area contributed by atoms with Crippen LogP contribution < -0.4 is 15.4 Å². The Labute approximate surface area is 249 Å². The minimum Gasteiger partial charge on any atom is -0.495 e. The van der Waals surface area contributed by atoms with Gasteiger partial charge in [-0.25, -0.2) is 0 Å². The molecule has 1 amide bonds. The number of anilines is 1. The van der Waals surface area contributed by atoms with Crippen LogP contribution in [-0.2, 0) is 4.79 Å². The topological polar surface area (TPSA) is 71.4 Å². The Bertz CT molecular complexity index is 1560. The van der Waals surface area contributed by atoms with Gasteiger partial charge in [-0.2, -0.15) is 0 Å². The second-order valence-electron chi connectivity index (χ2n) is 9.55. The first-order valence-electron chi connectivity index (χ1n) is 12.8. The molecule has 2 unspecified atom stereocenters. The molecule has 3 heterocycles. The van der Waals surface area contributed by atoms with E-state index in [1.807, 2.05) is 61.5 Å². The third-order valence-electron chi connectivity index (χ3n) is 7.12. The zero-order valence-electron chi connectivity index (χ0n) is 22.3. The van der Waals surface area contributed by atoms with Crippen LogP contribution >= 0.6 is 35.4 Å². The molecule has 0 radical (unpaired) electrons. The van der Waals surface area contributed by atoms with E-state index in [2.05, 4.69) is 38.1 Å². The molecule has 4 aromatic rings. The Hall–Kier alpha value is -3.59. The number of para-hydroxylation sites is 2. The molecule has 7 nitrogen and oxygen atoms in total. The highest BCUT2D eigenvalue weighted by molar-refractivity contribution is 7.80. The summed E-state index contributed by atoms with van der Waals surface area (Å²) in [6.45, 7) is 4.50. The molecule has 2 aromatic heterocycles. The molecular formula is C30H29Cl2N5O2S. The second-order valence-corrected chi connectivity index (χ2v) is 10.7. The van der Waals surface area contributed by atoms with Gasteiger partial charge in [0.15, 0.2) is 5.11 Å². The number of hydrogen-bond donors (Lipinski definition) is 2. The van der Waals surface area contributed by atoms with Gasteiger partial charge in [-0.1, -0.05) is 47.5 Å². The van der Waals surface area contributed by atoms with Gasteiger partial charge in [0.25, 0.3) is 0 Å². The van der Waals surface area contributed by atoms with E-state index in [1.54, 1.807) is 19.4 Å². The third-order valence-corrected chi connectivity index (χ3v) is 8.28. The lowest BCUT2D eigenvalue weighted by Gasteiger charge is -2.28. The van der Waals surface area contributed by atoms with Crippen LogP contribution in [0.4, 0.5) is 5.69 Å². The fourth-order valence-electron chi connectivity index (χ4n) is 5.29. The Kier molecular flexibility index (Phi) is 8.30. The van der Waals surface area contributed by atoms with Crippen molar-refractivity contribution in [2.45, 2.75) is 32.4 Å². The molecule has 2 N–H and O–H groups in total. The second kappa shape index (κ2) is 11.9. The molecule has 5 rings (SSSR count). The summed E-state index contributed by atoms with van der Waals surface area (Å²) in [4.78, 5) is 19.7. The summed E-state index contributed by atoms with van der Waals surface area (Å²) in [7, 11) is 1.58. The molecule has 0 saturated carbocycles. The highest BCUT2D eigenvalue weighted by Gasteiger charge is 2.41. The van der Waals surface area contributed by atoms with E-state index < -0.39 is 0 Å². The predicted octanol–water partition coefficient (Wildman–Crippen LogP) is 6.81. The number of nitrogens with zero attached hydrogens (tertiary/aromatic N) is 3.